The van der Waals surface area contributed by atoms with Crippen molar-refractivity contribution in [3.8, 4) is 0 Å². The Morgan fingerprint density at radius 1 is 1.47 bits per heavy atom. The van der Waals surface area contributed by atoms with Crippen LogP contribution in [-0.4, -0.2) is 17.1 Å². The van der Waals surface area contributed by atoms with E-state index in [0.717, 1.165) is 19.3 Å². The van der Waals surface area contributed by atoms with Gasteiger partial charge in [-0.2, -0.15) is 0 Å². The number of anilines is 1. The molecule has 15 heavy (non-hydrogen) atoms. The minimum Gasteiger partial charge on any atom is -0.478 e. The van der Waals surface area contributed by atoms with E-state index in [1.165, 1.54) is 18.2 Å². The van der Waals surface area contributed by atoms with Crippen LogP contribution in [0.2, 0.25) is 0 Å². The van der Waals surface area contributed by atoms with Crippen molar-refractivity contribution in [1.29, 1.82) is 0 Å². The van der Waals surface area contributed by atoms with Crippen LogP contribution in [0.1, 0.15) is 29.6 Å². The van der Waals surface area contributed by atoms with Gasteiger partial charge in [0.25, 0.3) is 0 Å². The summed E-state index contributed by atoms with van der Waals surface area (Å²) < 4.78 is 13.3. The molecule has 0 spiro atoms. The SMILES string of the molecule is O=C(O)c1ccc(F)c(NC2CCC2)c1. The summed E-state index contributed by atoms with van der Waals surface area (Å²) in [6.07, 6.45) is 3.20. The van der Waals surface area contributed by atoms with Gasteiger partial charge in [-0.25, -0.2) is 9.18 Å². The van der Waals surface area contributed by atoms with Crippen molar-refractivity contribution in [1.82, 2.24) is 0 Å². The number of aromatic carboxylic acids is 1. The summed E-state index contributed by atoms with van der Waals surface area (Å²) in [5.74, 6) is -1.43. The standard InChI is InChI=1S/C11H12FNO2/c12-9-5-4-7(11(14)15)6-10(9)13-8-2-1-3-8/h4-6,8,13H,1-3H2,(H,14,15). The molecule has 4 heteroatoms. The predicted molar refractivity (Wildman–Crippen MR) is 54.6 cm³/mol. The highest BCUT2D eigenvalue weighted by atomic mass is 19.1. The van der Waals surface area contributed by atoms with Crippen molar-refractivity contribution in [2.24, 2.45) is 0 Å². The molecule has 0 atom stereocenters. The van der Waals surface area contributed by atoms with Crippen LogP contribution in [0.25, 0.3) is 0 Å². The van der Waals surface area contributed by atoms with Gasteiger partial charge in [-0.05, 0) is 37.5 Å². The summed E-state index contributed by atoms with van der Waals surface area (Å²) in [6.45, 7) is 0. The van der Waals surface area contributed by atoms with Crippen LogP contribution in [0.3, 0.4) is 0 Å². The monoisotopic (exact) mass is 209 g/mol. The molecule has 1 fully saturated rings. The number of benzene rings is 1. The van der Waals surface area contributed by atoms with Crippen LogP contribution < -0.4 is 5.32 Å². The molecule has 80 valence electrons. The Morgan fingerprint density at radius 2 is 2.20 bits per heavy atom. The van der Waals surface area contributed by atoms with Crippen molar-refractivity contribution in [3.05, 3.63) is 29.6 Å². The normalized spacial score (nSPS) is 15.8. The quantitative estimate of drug-likeness (QED) is 0.804. The molecule has 1 aliphatic carbocycles. The maximum atomic E-state index is 13.3. The van der Waals surface area contributed by atoms with Gasteiger partial charge in [-0.1, -0.05) is 0 Å². The maximum Gasteiger partial charge on any atom is 0.335 e. The zero-order valence-corrected chi connectivity index (χ0v) is 8.16. The number of nitrogens with one attached hydrogen (secondary N) is 1. The van der Waals surface area contributed by atoms with E-state index in [1.54, 1.807) is 0 Å². The molecule has 1 aromatic rings. The number of hydrogen-bond acceptors (Lipinski definition) is 2. The van der Waals surface area contributed by atoms with Crippen molar-refractivity contribution in [2.75, 3.05) is 5.32 Å². The van der Waals surface area contributed by atoms with E-state index < -0.39 is 11.8 Å². The fraction of sp³-hybridized carbons (Fsp3) is 0.364. The number of carboxylic acids is 1. The van der Waals surface area contributed by atoms with Crippen LogP contribution in [-0.2, 0) is 0 Å². The fourth-order valence-corrected chi connectivity index (χ4v) is 1.54. The largest absolute Gasteiger partial charge is 0.478 e. The summed E-state index contributed by atoms with van der Waals surface area (Å²) in [6, 6.07) is 4.09. The molecule has 0 aromatic heterocycles. The molecule has 0 saturated heterocycles. The lowest BCUT2D eigenvalue weighted by atomic mass is 9.93. The second kappa shape index (κ2) is 3.88. The molecule has 2 rings (SSSR count). The molecule has 1 saturated carbocycles. The van der Waals surface area contributed by atoms with E-state index in [-0.39, 0.29) is 5.56 Å². The summed E-state index contributed by atoms with van der Waals surface area (Å²) >= 11 is 0. The van der Waals surface area contributed by atoms with Gasteiger partial charge in [0.2, 0.25) is 0 Å². The lowest BCUT2D eigenvalue weighted by Gasteiger charge is -2.27. The highest BCUT2D eigenvalue weighted by molar-refractivity contribution is 5.88. The number of carbonyl (C=O) groups is 1. The summed E-state index contributed by atoms with van der Waals surface area (Å²) in [7, 11) is 0. The third kappa shape index (κ3) is 2.09. The van der Waals surface area contributed by atoms with Gasteiger partial charge in [-0.15, -0.1) is 0 Å². The fourth-order valence-electron chi connectivity index (χ4n) is 1.54. The molecular weight excluding hydrogens is 197 g/mol. The van der Waals surface area contributed by atoms with Gasteiger partial charge in [0.1, 0.15) is 5.82 Å². The highest BCUT2D eigenvalue weighted by Gasteiger charge is 2.18. The van der Waals surface area contributed by atoms with Crippen LogP contribution in [0.4, 0.5) is 10.1 Å². The van der Waals surface area contributed by atoms with Crippen LogP contribution >= 0.6 is 0 Å². The molecule has 0 amide bonds. The maximum absolute atomic E-state index is 13.3. The zero-order valence-electron chi connectivity index (χ0n) is 8.16. The third-order valence-corrected chi connectivity index (χ3v) is 2.68. The molecule has 0 aliphatic heterocycles. The lowest BCUT2D eigenvalue weighted by molar-refractivity contribution is 0.0697. The van der Waals surface area contributed by atoms with Crippen molar-refractivity contribution < 1.29 is 14.3 Å². The Morgan fingerprint density at radius 3 is 2.73 bits per heavy atom. The first-order valence-electron chi connectivity index (χ1n) is 4.96. The smallest absolute Gasteiger partial charge is 0.335 e. The Balaban J connectivity index is 2.19. The van der Waals surface area contributed by atoms with E-state index in [0.29, 0.717) is 11.7 Å². The van der Waals surface area contributed by atoms with E-state index >= 15 is 0 Å². The molecular formula is C11H12FNO2. The molecule has 1 aliphatic rings. The first kappa shape index (κ1) is 9.96. The molecule has 0 bridgehead atoms. The Hall–Kier alpha value is -1.58. The average molecular weight is 209 g/mol. The predicted octanol–water partition coefficient (Wildman–Crippen LogP) is 2.49. The minimum absolute atomic E-state index is 0.109. The van der Waals surface area contributed by atoms with Crippen molar-refractivity contribution in [2.45, 2.75) is 25.3 Å². The number of hydrogen-bond donors (Lipinski definition) is 2. The van der Waals surface area contributed by atoms with Gasteiger partial charge < -0.3 is 10.4 Å². The van der Waals surface area contributed by atoms with Gasteiger partial charge >= 0.3 is 5.97 Å². The number of carboxylic acid groups (broad SMARTS) is 1. The molecule has 1 aromatic carbocycles. The molecule has 3 nitrogen and oxygen atoms in total. The van der Waals surface area contributed by atoms with E-state index in [1.807, 2.05) is 0 Å². The third-order valence-electron chi connectivity index (χ3n) is 2.68. The lowest BCUT2D eigenvalue weighted by Crippen LogP contribution is -2.27. The van der Waals surface area contributed by atoms with Crippen LogP contribution in [0, 0.1) is 5.82 Å². The summed E-state index contributed by atoms with van der Waals surface area (Å²) in [5, 5.41) is 11.8. The average Bonchev–Trinajstić information content (AvgIpc) is 2.13. The Bertz CT molecular complexity index is 388. The molecule has 0 heterocycles. The number of halogens is 1. The van der Waals surface area contributed by atoms with E-state index in [9.17, 15) is 9.18 Å². The second-order valence-corrected chi connectivity index (χ2v) is 3.77. The van der Waals surface area contributed by atoms with E-state index in [2.05, 4.69) is 5.32 Å². The Kier molecular flexibility index (Phi) is 2.58. The second-order valence-electron chi connectivity index (χ2n) is 3.77. The van der Waals surface area contributed by atoms with Gasteiger partial charge in [-0.3, -0.25) is 0 Å². The van der Waals surface area contributed by atoms with Crippen LogP contribution in [0.15, 0.2) is 18.2 Å². The molecule has 2 N–H and O–H groups in total. The zero-order chi connectivity index (χ0) is 10.8. The van der Waals surface area contributed by atoms with Gasteiger partial charge in [0.05, 0.1) is 11.3 Å². The summed E-state index contributed by atoms with van der Waals surface area (Å²) in [4.78, 5) is 10.7. The topological polar surface area (TPSA) is 49.3 Å². The highest BCUT2D eigenvalue weighted by Crippen LogP contribution is 2.25. The minimum atomic E-state index is -1.04. The van der Waals surface area contributed by atoms with Crippen LogP contribution in [0.5, 0.6) is 0 Å². The Labute approximate surface area is 86.9 Å². The molecule has 0 unspecified atom stereocenters. The molecule has 0 radical (unpaired) electrons. The van der Waals surface area contributed by atoms with Gasteiger partial charge in [0, 0.05) is 6.04 Å². The van der Waals surface area contributed by atoms with E-state index in [4.69, 9.17) is 5.11 Å². The van der Waals surface area contributed by atoms with Crippen molar-refractivity contribution >= 4 is 11.7 Å². The first-order chi connectivity index (χ1) is 7.16. The summed E-state index contributed by atoms with van der Waals surface area (Å²) in [5.41, 5.74) is 0.401. The van der Waals surface area contributed by atoms with Crippen molar-refractivity contribution in [3.63, 3.8) is 0 Å². The number of rotatable bonds is 3. The van der Waals surface area contributed by atoms with Gasteiger partial charge in [0.15, 0.2) is 0 Å². The first-order valence-corrected chi connectivity index (χ1v) is 4.96.